The third kappa shape index (κ3) is 5.23. The average Bonchev–Trinajstić information content (AvgIpc) is 2.54. The Morgan fingerprint density at radius 3 is 2.88 bits per heavy atom. The molecule has 1 aromatic carbocycles. The van der Waals surface area contributed by atoms with E-state index >= 15 is 0 Å². The lowest BCUT2D eigenvalue weighted by atomic mass is 10.1. The molecule has 1 fully saturated rings. The van der Waals surface area contributed by atoms with E-state index in [1.54, 1.807) is 13.2 Å². The Kier molecular flexibility index (Phi) is 6.66. The predicted octanol–water partition coefficient (Wildman–Crippen LogP) is 2.74. The molecule has 24 heavy (non-hydrogen) atoms. The van der Waals surface area contributed by atoms with Gasteiger partial charge in [0, 0.05) is 42.7 Å². The molecule has 6 heteroatoms. The molecule has 0 atom stereocenters. The van der Waals surface area contributed by atoms with Crippen molar-refractivity contribution in [3.63, 3.8) is 0 Å². The van der Waals surface area contributed by atoms with Gasteiger partial charge in [0.15, 0.2) is 5.96 Å². The van der Waals surface area contributed by atoms with Crippen LogP contribution in [0.2, 0.25) is 0 Å². The van der Waals surface area contributed by atoms with Crippen LogP contribution in [0.25, 0.3) is 0 Å². The molecule has 1 aromatic rings. The number of guanidine groups is 1. The summed E-state index contributed by atoms with van der Waals surface area (Å²) in [5.74, 6) is 3.03. The van der Waals surface area contributed by atoms with E-state index in [1.165, 1.54) is 0 Å². The fourth-order valence-electron chi connectivity index (χ4n) is 2.79. The van der Waals surface area contributed by atoms with E-state index in [4.69, 9.17) is 9.73 Å². The first kappa shape index (κ1) is 18.8. The zero-order valence-corrected chi connectivity index (χ0v) is 15.9. The number of aromatic hydroxyl groups is 1. The Labute approximate surface area is 149 Å². The van der Waals surface area contributed by atoms with E-state index in [9.17, 15) is 5.11 Å². The van der Waals surface area contributed by atoms with Crippen molar-refractivity contribution in [3.05, 3.63) is 23.8 Å². The minimum Gasteiger partial charge on any atom is -0.508 e. The lowest BCUT2D eigenvalue weighted by Crippen LogP contribution is -2.51. The van der Waals surface area contributed by atoms with Gasteiger partial charge in [-0.2, -0.15) is 11.8 Å². The fraction of sp³-hybridized carbons (Fsp3) is 0.611. The van der Waals surface area contributed by atoms with Crippen molar-refractivity contribution in [1.82, 2.24) is 10.2 Å². The lowest BCUT2D eigenvalue weighted by Gasteiger charge is -2.39. The Morgan fingerprint density at radius 2 is 2.25 bits per heavy atom. The van der Waals surface area contributed by atoms with Gasteiger partial charge in [0.2, 0.25) is 0 Å². The van der Waals surface area contributed by atoms with Gasteiger partial charge in [-0.3, -0.25) is 4.99 Å². The van der Waals surface area contributed by atoms with Crippen LogP contribution in [0.4, 0.5) is 0 Å². The number of hydrogen-bond donors (Lipinski definition) is 2. The van der Waals surface area contributed by atoms with Crippen LogP contribution >= 0.6 is 11.8 Å². The molecule has 134 valence electrons. The Morgan fingerprint density at radius 1 is 1.46 bits per heavy atom. The van der Waals surface area contributed by atoms with Crippen LogP contribution in [0.5, 0.6) is 11.5 Å². The van der Waals surface area contributed by atoms with Crippen molar-refractivity contribution in [1.29, 1.82) is 0 Å². The summed E-state index contributed by atoms with van der Waals surface area (Å²) in [5, 5.41) is 13.4. The van der Waals surface area contributed by atoms with Crippen LogP contribution in [0.3, 0.4) is 0 Å². The fourth-order valence-corrected chi connectivity index (χ4v) is 3.90. The Balaban J connectivity index is 2.01. The van der Waals surface area contributed by atoms with Crippen molar-refractivity contribution in [3.8, 4) is 11.5 Å². The van der Waals surface area contributed by atoms with Gasteiger partial charge < -0.3 is 20.1 Å². The molecule has 2 rings (SSSR count). The first-order valence-electron chi connectivity index (χ1n) is 8.48. The maximum atomic E-state index is 10.1. The summed E-state index contributed by atoms with van der Waals surface area (Å²) >= 11 is 2.02. The van der Waals surface area contributed by atoms with Crippen LogP contribution in [-0.4, -0.2) is 59.8 Å². The number of rotatable bonds is 5. The first-order chi connectivity index (χ1) is 11.4. The molecule has 0 saturated carbocycles. The number of benzene rings is 1. The van der Waals surface area contributed by atoms with Gasteiger partial charge in [-0.25, -0.2) is 0 Å². The number of thioether (sulfide) groups is 1. The van der Waals surface area contributed by atoms with Gasteiger partial charge in [-0.15, -0.1) is 0 Å². The van der Waals surface area contributed by atoms with Gasteiger partial charge in [0.25, 0.3) is 0 Å². The van der Waals surface area contributed by atoms with Crippen LogP contribution in [-0.2, 0) is 6.42 Å². The van der Waals surface area contributed by atoms with E-state index in [1.807, 2.05) is 23.9 Å². The summed E-state index contributed by atoms with van der Waals surface area (Å²) < 4.78 is 5.37. The molecule has 1 aliphatic rings. The molecule has 1 heterocycles. The summed E-state index contributed by atoms with van der Waals surface area (Å²) in [7, 11) is 1.60. The predicted molar refractivity (Wildman–Crippen MR) is 102 cm³/mol. The molecule has 0 spiro atoms. The molecular formula is C18H29N3O2S. The maximum Gasteiger partial charge on any atom is 0.193 e. The molecule has 2 N–H and O–H groups in total. The van der Waals surface area contributed by atoms with Crippen molar-refractivity contribution in [2.75, 3.05) is 39.0 Å². The van der Waals surface area contributed by atoms with Crippen LogP contribution < -0.4 is 10.1 Å². The third-order valence-corrected chi connectivity index (χ3v) is 5.29. The quantitative estimate of drug-likeness (QED) is 0.631. The van der Waals surface area contributed by atoms with Crippen molar-refractivity contribution < 1.29 is 9.84 Å². The molecular weight excluding hydrogens is 322 g/mol. The van der Waals surface area contributed by atoms with E-state index < -0.39 is 0 Å². The molecule has 0 unspecified atom stereocenters. The van der Waals surface area contributed by atoms with Gasteiger partial charge in [0.1, 0.15) is 11.5 Å². The highest BCUT2D eigenvalue weighted by Gasteiger charge is 2.28. The smallest absolute Gasteiger partial charge is 0.193 e. The standard InChI is InChI=1S/C18H29N3O2S/c1-5-19-17(21-10-11-24-18(2,3)13-21)20-9-8-14-6-7-15(23-4)12-16(14)22/h6-7,12,22H,5,8-11,13H2,1-4H3,(H,19,20). The second-order valence-corrected chi connectivity index (χ2v) is 8.31. The highest BCUT2D eigenvalue weighted by molar-refractivity contribution is 8.00. The number of methoxy groups -OCH3 is 1. The van der Waals surface area contributed by atoms with Gasteiger partial charge in [0.05, 0.1) is 7.11 Å². The van der Waals surface area contributed by atoms with Gasteiger partial charge in [-0.1, -0.05) is 6.07 Å². The summed E-state index contributed by atoms with van der Waals surface area (Å²) in [6, 6.07) is 5.42. The summed E-state index contributed by atoms with van der Waals surface area (Å²) in [6.45, 7) is 10.2. The highest BCUT2D eigenvalue weighted by Crippen LogP contribution is 2.29. The van der Waals surface area contributed by atoms with E-state index in [0.717, 1.165) is 36.9 Å². The summed E-state index contributed by atoms with van der Waals surface area (Å²) in [4.78, 5) is 7.10. The number of phenolic OH excluding ortho intramolecular Hbond substituents is 1. The molecule has 0 aliphatic carbocycles. The first-order valence-corrected chi connectivity index (χ1v) is 9.47. The van der Waals surface area contributed by atoms with Crippen LogP contribution in [0.1, 0.15) is 26.3 Å². The van der Waals surface area contributed by atoms with Gasteiger partial charge >= 0.3 is 0 Å². The normalized spacial score (nSPS) is 17.7. The van der Waals surface area contributed by atoms with Gasteiger partial charge in [-0.05, 0) is 38.8 Å². The monoisotopic (exact) mass is 351 g/mol. The number of phenols is 1. The number of nitrogens with one attached hydrogen (secondary N) is 1. The minimum atomic E-state index is 0.253. The van der Waals surface area contributed by atoms with Crippen LogP contribution in [0, 0.1) is 0 Å². The number of aliphatic imine (C=N–C) groups is 1. The second-order valence-electron chi connectivity index (χ2n) is 6.51. The molecule has 1 saturated heterocycles. The van der Waals surface area contributed by atoms with Crippen molar-refractivity contribution in [2.24, 2.45) is 4.99 Å². The van der Waals surface area contributed by atoms with Crippen LogP contribution in [0.15, 0.2) is 23.2 Å². The minimum absolute atomic E-state index is 0.253. The summed E-state index contributed by atoms with van der Waals surface area (Å²) in [6.07, 6.45) is 0.705. The molecule has 1 aliphatic heterocycles. The average molecular weight is 352 g/mol. The zero-order valence-electron chi connectivity index (χ0n) is 15.1. The Hall–Kier alpha value is -1.56. The van der Waals surface area contributed by atoms with E-state index in [2.05, 4.69) is 31.0 Å². The highest BCUT2D eigenvalue weighted by atomic mass is 32.2. The zero-order chi connectivity index (χ0) is 17.6. The molecule has 0 radical (unpaired) electrons. The maximum absolute atomic E-state index is 10.1. The Bertz CT molecular complexity index is 575. The number of ether oxygens (including phenoxy) is 1. The van der Waals surface area contributed by atoms with Crippen molar-refractivity contribution >= 4 is 17.7 Å². The van der Waals surface area contributed by atoms with E-state index in [-0.39, 0.29) is 10.5 Å². The lowest BCUT2D eigenvalue weighted by molar-refractivity contribution is 0.376. The molecule has 0 aromatic heterocycles. The second kappa shape index (κ2) is 8.51. The molecule has 5 nitrogen and oxygen atoms in total. The largest absolute Gasteiger partial charge is 0.508 e. The van der Waals surface area contributed by atoms with Crippen molar-refractivity contribution in [2.45, 2.75) is 31.9 Å². The topological polar surface area (TPSA) is 57.1 Å². The molecule has 0 amide bonds. The number of hydrogen-bond acceptors (Lipinski definition) is 4. The SMILES string of the molecule is CCNC(=NCCc1ccc(OC)cc1O)N1CCSC(C)(C)C1. The number of nitrogens with zero attached hydrogens (tertiary/aromatic N) is 2. The van der Waals surface area contributed by atoms with E-state index in [0.29, 0.717) is 18.7 Å². The third-order valence-electron chi connectivity index (χ3n) is 4.00. The molecule has 0 bridgehead atoms. The summed E-state index contributed by atoms with van der Waals surface area (Å²) in [5.41, 5.74) is 0.893.